The molecule has 1 aromatic carbocycles. The van der Waals surface area contributed by atoms with E-state index in [0.29, 0.717) is 79.3 Å². The Morgan fingerprint density at radius 3 is 1.29 bits per heavy atom. The standard InChI is InChI=1S/C23H40O10S/c1-22(2)32-20-18-30-16-14-28-12-10-26-8-9-27-11-13-29-15-17-31-19-21-33-34(24,25)23-6-4-3-5-7-23/h3-7,22H,8-21H2,1-2H3. The van der Waals surface area contributed by atoms with Crippen molar-refractivity contribution < 1.29 is 45.8 Å². The molecule has 0 N–H and O–H groups in total. The molecule has 0 bridgehead atoms. The molecule has 0 fully saturated rings. The summed E-state index contributed by atoms with van der Waals surface area (Å²) in [5, 5.41) is 0. The zero-order valence-corrected chi connectivity index (χ0v) is 21.2. The highest BCUT2D eigenvalue weighted by Gasteiger charge is 2.13. The maximum Gasteiger partial charge on any atom is 0.297 e. The van der Waals surface area contributed by atoms with Gasteiger partial charge in [0, 0.05) is 0 Å². The van der Waals surface area contributed by atoms with Crippen LogP contribution in [0.15, 0.2) is 35.2 Å². The van der Waals surface area contributed by atoms with Crippen molar-refractivity contribution in [2.45, 2.75) is 24.8 Å². The summed E-state index contributed by atoms with van der Waals surface area (Å²) in [5.41, 5.74) is 0. The van der Waals surface area contributed by atoms with Crippen LogP contribution in [0.2, 0.25) is 0 Å². The molecule has 11 heteroatoms. The maximum atomic E-state index is 11.9. The summed E-state index contributed by atoms with van der Waals surface area (Å²) in [6.45, 7) is 9.94. The van der Waals surface area contributed by atoms with Gasteiger partial charge in [0.2, 0.25) is 0 Å². The lowest BCUT2D eigenvalue weighted by molar-refractivity contribution is -0.0242. The Morgan fingerprint density at radius 2 is 0.912 bits per heavy atom. The van der Waals surface area contributed by atoms with Gasteiger partial charge in [0.05, 0.1) is 103 Å². The number of hydrogen-bond acceptors (Lipinski definition) is 10. The molecule has 0 amide bonds. The molecule has 198 valence electrons. The fraction of sp³-hybridized carbons (Fsp3) is 0.739. The molecule has 1 rings (SSSR count). The van der Waals surface area contributed by atoms with E-state index >= 15 is 0 Å². The van der Waals surface area contributed by atoms with Gasteiger partial charge in [0.1, 0.15) is 0 Å². The normalized spacial score (nSPS) is 12.0. The van der Waals surface area contributed by atoms with Gasteiger partial charge in [-0.15, -0.1) is 0 Å². The molecule has 0 aromatic heterocycles. The minimum Gasteiger partial charge on any atom is -0.377 e. The zero-order chi connectivity index (χ0) is 24.7. The predicted octanol–water partition coefficient (Wildman–Crippen LogP) is 1.92. The number of ether oxygens (including phenoxy) is 7. The maximum absolute atomic E-state index is 11.9. The van der Waals surface area contributed by atoms with Gasteiger partial charge in [0.25, 0.3) is 10.1 Å². The zero-order valence-electron chi connectivity index (χ0n) is 20.4. The highest BCUT2D eigenvalue weighted by atomic mass is 32.2. The van der Waals surface area contributed by atoms with Crippen LogP contribution < -0.4 is 0 Å². The van der Waals surface area contributed by atoms with Crippen LogP contribution in [0.1, 0.15) is 13.8 Å². The molecule has 0 aliphatic rings. The first-order valence-corrected chi connectivity index (χ1v) is 13.0. The molecule has 0 spiro atoms. The largest absolute Gasteiger partial charge is 0.377 e. The van der Waals surface area contributed by atoms with Gasteiger partial charge in [-0.2, -0.15) is 8.42 Å². The monoisotopic (exact) mass is 508 g/mol. The second-order valence-electron chi connectivity index (χ2n) is 7.18. The van der Waals surface area contributed by atoms with Crippen molar-refractivity contribution in [2.75, 3.05) is 92.5 Å². The van der Waals surface area contributed by atoms with Crippen molar-refractivity contribution >= 4 is 10.1 Å². The summed E-state index contributed by atoms with van der Waals surface area (Å²) in [6.07, 6.45) is 0.223. The van der Waals surface area contributed by atoms with E-state index < -0.39 is 10.1 Å². The highest BCUT2D eigenvalue weighted by Crippen LogP contribution is 2.10. The molecule has 34 heavy (non-hydrogen) atoms. The number of hydrogen-bond donors (Lipinski definition) is 0. The number of rotatable bonds is 24. The smallest absolute Gasteiger partial charge is 0.297 e. The van der Waals surface area contributed by atoms with Crippen molar-refractivity contribution in [3.8, 4) is 0 Å². The van der Waals surface area contributed by atoms with Crippen LogP contribution in [0.5, 0.6) is 0 Å². The Hall–Kier alpha value is -1.15. The van der Waals surface area contributed by atoms with Crippen LogP contribution in [0.3, 0.4) is 0 Å². The minimum atomic E-state index is -3.74. The van der Waals surface area contributed by atoms with E-state index in [9.17, 15) is 8.42 Å². The lowest BCUT2D eigenvalue weighted by atomic mass is 10.4. The quantitative estimate of drug-likeness (QED) is 0.152. The van der Waals surface area contributed by atoms with Gasteiger partial charge in [0.15, 0.2) is 0 Å². The van der Waals surface area contributed by atoms with Crippen LogP contribution in [0, 0.1) is 0 Å². The van der Waals surface area contributed by atoms with Crippen LogP contribution in [-0.2, 0) is 47.5 Å². The Kier molecular flexibility index (Phi) is 19.2. The lowest BCUT2D eigenvalue weighted by Gasteiger charge is -2.09. The number of benzene rings is 1. The van der Waals surface area contributed by atoms with E-state index in [1.165, 1.54) is 12.1 Å². The van der Waals surface area contributed by atoms with E-state index in [2.05, 4.69) is 0 Å². The van der Waals surface area contributed by atoms with Crippen molar-refractivity contribution in [3.05, 3.63) is 30.3 Å². The molecule has 1 aromatic rings. The summed E-state index contributed by atoms with van der Waals surface area (Å²) in [7, 11) is -3.74. The summed E-state index contributed by atoms with van der Waals surface area (Å²) in [4.78, 5) is 0.127. The van der Waals surface area contributed by atoms with Crippen molar-refractivity contribution in [3.63, 3.8) is 0 Å². The molecule has 0 atom stereocenters. The average molecular weight is 509 g/mol. The first kappa shape index (κ1) is 30.9. The molecule has 0 saturated carbocycles. The fourth-order valence-corrected chi connectivity index (χ4v) is 3.32. The topological polar surface area (TPSA) is 108 Å². The minimum absolute atomic E-state index is 0.0486. The van der Waals surface area contributed by atoms with Gasteiger partial charge in [-0.3, -0.25) is 4.18 Å². The molecular weight excluding hydrogens is 468 g/mol. The van der Waals surface area contributed by atoms with E-state index in [0.717, 1.165) is 0 Å². The van der Waals surface area contributed by atoms with Gasteiger partial charge < -0.3 is 33.2 Å². The summed E-state index contributed by atoms with van der Waals surface area (Å²) in [5.74, 6) is 0. The highest BCUT2D eigenvalue weighted by molar-refractivity contribution is 7.86. The SMILES string of the molecule is CC(C)OCCOCCOCCOCCOCCOCCOCCOS(=O)(=O)c1ccccc1. The third-order valence-corrected chi connectivity index (χ3v) is 5.36. The Morgan fingerprint density at radius 1 is 0.559 bits per heavy atom. The molecule has 0 aliphatic heterocycles. The first-order valence-electron chi connectivity index (χ1n) is 11.5. The van der Waals surface area contributed by atoms with Crippen LogP contribution in [0.4, 0.5) is 0 Å². The van der Waals surface area contributed by atoms with E-state index in [-0.39, 0.29) is 24.2 Å². The third-order valence-electron chi connectivity index (χ3n) is 4.04. The molecule has 10 nitrogen and oxygen atoms in total. The Bertz CT molecular complexity index is 670. The van der Waals surface area contributed by atoms with Crippen LogP contribution >= 0.6 is 0 Å². The molecule has 0 aliphatic carbocycles. The molecule has 0 radical (unpaired) electrons. The van der Waals surface area contributed by atoms with Crippen molar-refractivity contribution in [1.82, 2.24) is 0 Å². The Balaban J connectivity index is 1.74. The van der Waals surface area contributed by atoms with Crippen LogP contribution in [0.25, 0.3) is 0 Å². The Labute approximate surface area is 203 Å². The second kappa shape index (κ2) is 21.2. The molecule has 0 unspecified atom stereocenters. The van der Waals surface area contributed by atoms with E-state index in [1.807, 2.05) is 13.8 Å². The van der Waals surface area contributed by atoms with Gasteiger partial charge in [-0.05, 0) is 26.0 Å². The van der Waals surface area contributed by atoms with Crippen LogP contribution in [-0.4, -0.2) is 107 Å². The predicted molar refractivity (Wildman–Crippen MR) is 126 cm³/mol. The summed E-state index contributed by atoms with van der Waals surface area (Å²) < 4.78 is 66.4. The van der Waals surface area contributed by atoms with E-state index in [1.54, 1.807) is 18.2 Å². The fourth-order valence-electron chi connectivity index (χ4n) is 2.40. The molecule has 0 saturated heterocycles. The third kappa shape index (κ3) is 18.2. The van der Waals surface area contributed by atoms with Crippen molar-refractivity contribution in [2.24, 2.45) is 0 Å². The van der Waals surface area contributed by atoms with Gasteiger partial charge in [-0.25, -0.2) is 0 Å². The second-order valence-corrected chi connectivity index (χ2v) is 8.80. The summed E-state index contributed by atoms with van der Waals surface area (Å²) in [6, 6.07) is 7.99. The summed E-state index contributed by atoms with van der Waals surface area (Å²) >= 11 is 0. The lowest BCUT2D eigenvalue weighted by Crippen LogP contribution is -2.15. The average Bonchev–Trinajstić information content (AvgIpc) is 2.82. The first-order chi connectivity index (χ1) is 16.5. The van der Waals surface area contributed by atoms with Gasteiger partial charge >= 0.3 is 0 Å². The van der Waals surface area contributed by atoms with E-state index in [4.69, 9.17) is 37.3 Å². The molecule has 0 heterocycles. The van der Waals surface area contributed by atoms with Crippen molar-refractivity contribution in [1.29, 1.82) is 0 Å². The van der Waals surface area contributed by atoms with Gasteiger partial charge in [-0.1, -0.05) is 18.2 Å². The molecular formula is C23H40O10S.